The van der Waals surface area contributed by atoms with E-state index in [-0.39, 0.29) is 11.5 Å². The molecule has 5 aromatic carbocycles. The molecule has 0 spiro atoms. The van der Waals surface area contributed by atoms with Crippen molar-refractivity contribution in [1.29, 1.82) is 0 Å². The zero-order valence-corrected chi connectivity index (χ0v) is 23.7. The molecule has 1 atom stereocenters. The van der Waals surface area contributed by atoms with Gasteiger partial charge in [-0.15, -0.1) is 11.8 Å². The van der Waals surface area contributed by atoms with Crippen molar-refractivity contribution in [2.75, 3.05) is 10.6 Å². The summed E-state index contributed by atoms with van der Waals surface area (Å²) in [4.78, 5) is 27.3. The Bertz CT molecular complexity index is 1920. The normalized spacial score (nSPS) is 11.9. The van der Waals surface area contributed by atoms with Crippen molar-refractivity contribution >= 4 is 56.8 Å². The van der Waals surface area contributed by atoms with Crippen LogP contribution in [0.3, 0.4) is 0 Å². The van der Waals surface area contributed by atoms with Gasteiger partial charge in [0.2, 0.25) is 5.91 Å². The summed E-state index contributed by atoms with van der Waals surface area (Å²) in [6.45, 7) is 2.98. The highest BCUT2D eigenvalue weighted by Gasteiger charge is 2.23. The molecule has 42 heavy (non-hydrogen) atoms. The summed E-state index contributed by atoms with van der Waals surface area (Å²) in [5, 5.41) is 7.58. The van der Waals surface area contributed by atoms with Crippen LogP contribution in [0.2, 0.25) is 0 Å². The summed E-state index contributed by atoms with van der Waals surface area (Å²) in [6, 6.07) is 37.0. The Morgan fingerprint density at radius 3 is 2.26 bits per heavy atom. The highest BCUT2D eigenvalue weighted by molar-refractivity contribution is 8.00. The van der Waals surface area contributed by atoms with Gasteiger partial charge in [-0.2, -0.15) is 0 Å². The lowest BCUT2D eigenvalue weighted by molar-refractivity contribution is -0.115. The number of thioether (sulfide) groups is 1. The van der Waals surface area contributed by atoms with E-state index in [4.69, 9.17) is 0 Å². The van der Waals surface area contributed by atoms with Crippen LogP contribution >= 0.6 is 11.8 Å². The summed E-state index contributed by atoms with van der Waals surface area (Å²) in [5.41, 5.74) is 4.34. The van der Waals surface area contributed by atoms with Crippen LogP contribution in [0.5, 0.6) is 0 Å². The van der Waals surface area contributed by atoms with Crippen LogP contribution in [0, 0.1) is 5.82 Å². The van der Waals surface area contributed by atoms with Crippen LogP contribution in [-0.4, -0.2) is 16.4 Å². The molecule has 5 nitrogen and oxygen atoms in total. The maximum Gasteiger partial charge on any atom is 0.258 e. The van der Waals surface area contributed by atoms with Crippen LogP contribution in [-0.2, 0) is 11.3 Å². The zero-order valence-electron chi connectivity index (χ0n) is 22.9. The van der Waals surface area contributed by atoms with Crippen molar-refractivity contribution in [2.24, 2.45) is 0 Å². The average molecular weight is 574 g/mol. The van der Waals surface area contributed by atoms with Gasteiger partial charge in [-0.1, -0.05) is 66.7 Å². The molecule has 0 saturated carbocycles. The number of halogens is 1. The van der Waals surface area contributed by atoms with E-state index in [2.05, 4.69) is 40.3 Å². The fraction of sp³-hybridized carbons (Fsp3) is 0.0857. The van der Waals surface area contributed by atoms with Gasteiger partial charge in [0.05, 0.1) is 5.56 Å². The number of aryl methyl sites for hydroxylation is 1. The number of anilines is 2. The number of nitrogens with zero attached hydrogens (tertiary/aromatic N) is 1. The monoisotopic (exact) mass is 573 g/mol. The molecule has 0 saturated heterocycles. The fourth-order valence-electron chi connectivity index (χ4n) is 5.21. The van der Waals surface area contributed by atoms with Crippen molar-refractivity contribution in [2.45, 2.75) is 23.6 Å². The minimum Gasteiger partial charge on any atom is -0.341 e. The topological polar surface area (TPSA) is 63.1 Å². The lowest BCUT2D eigenvalue weighted by atomic mass is 10.1. The van der Waals surface area contributed by atoms with Gasteiger partial charge in [-0.05, 0) is 67.1 Å². The molecule has 1 heterocycles. The summed E-state index contributed by atoms with van der Waals surface area (Å²) in [6.07, 6.45) is 0. The van der Waals surface area contributed by atoms with Gasteiger partial charge >= 0.3 is 0 Å². The number of hydrogen-bond donors (Lipinski definition) is 2. The Morgan fingerprint density at radius 1 is 0.738 bits per heavy atom. The van der Waals surface area contributed by atoms with Gasteiger partial charge in [0.1, 0.15) is 11.1 Å². The number of benzene rings is 5. The standard InChI is InChI=1S/C35H28FN3O2S/c1-2-39-31-18-9-7-15-27(31)29-22-25(19-20-32(29)39)38-35(41)33(23-11-4-3-5-12-23)42-26-14-10-13-24(21-26)37-34(40)28-16-6-8-17-30(28)36/h3-22,33H,2H2,1H3,(H,37,40)(H,38,41). The summed E-state index contributed by atoms with van der Waals surface area (Å²) < 4.78 is 16.4. The lowest BCUT2D eigenvalue weighted by Gasteiger charge is -2.18. The molecular weight excluding hydrogens is 545 g/mol. The number of rotatable bonds is 8. The average Bonchev–Trinajstić information content (AvgIpc) is 3.33. The van der Waals surface area contributed by atoms with Gasteiger partial charge in [-0.25, -0.2) is 4.39 Å². The third kappa shape index (κ3) is 5.51. The van der Waals surface area contributed by atoms with Crippen molar-refractivity contribution < 1.29 is 14.0 Å². The summed E-state index contributed by atoms with van der Waals surface area (Å²) >= 11 is 1.38. The first-order valence-corrected chi connectivity index (χ1v) is 14.6. The first kappa shape index (κ1) is 27.3. The third-order valence-corrected chi connectivity index (χ3v) is 8.41. The number of carbonyl (C=O) groups is 2. The Labute approximate surface area is 247 Å². The molecule has 0 radical (unpaired) electrons. The van der Waals surface area contributed by atoms with Gasteiger partial charge in [0.15, 0.2) is 0 Å². The van der Waals surface area contributed by atoms with E-state index in [0.717, 1.165) is 44.5 Å². The van der Waals surface area contributed by atoms with Gasteiger partial charge in [-0.3, -0.25) is 9.59 Å². The number of carbonyl (C=O) groups excluding carboxylic acids is 2. The molecular formula is C35H28FN3O2S. The van der Waals surface area contributed by atoms with Crippen LogP contribution < -0.4 is 10.6 Å². The summed E-state index contributed by atoms with van der Waals surface area (Å²) in [5.74, 6) is -1.28. The van der Waals surface area contributed by atoms with E-state index >= 15 is 0 Å². The molecule has 6 rings (SSSR count). The zero-order chi connectivity index (χ0) is 29.1. The number of amides is 2. The summed E-state index contributed by atoms with van der Waals surface area (Å²) in [7, 11) is 0. The molecule has 2 amide bonds. The second-order valence-corrected chi connectivity index (χ2v) is 11.0. The minimum absolute atomic E-state index is 0.0314. The maximum absolute atomic E-state index is 14.1. The molecule has 0 bridgehead atoms. The van der Waals surface area contributed by atoms with Crippen LogP contribution in [0.25, 0.3) is 21.8 Å². The molecule has 0 aliphatic heterocycles. The molecule has 7 heteroatoms. The molecule has 0 fully saturated rings. The van der Waals surface area contributed by atoms with Gasteiger partial charge < -0.3 is 15.2 Å². The van der Waals surface area contributed by atoms with E-state index in [1.165, 1.54) is 23.9 Å². The van der Waals surface area contributed by atoms with E-state index in [1.54, 1.807) is 30.3 Å². The predicted molar refractivity (Wildman–Crippen MR) is 170 cm³/mol. The van der Waals surface area contributed by atoms with Crippen LogP contribution in [0.1, 0.15) is 28.1 Å². The first-order valence-electron chi connectivity index (χ1n) is 13.7. The smallest absolute Gasteiger partial charge is 0.258 e. The largest absolute Gasteiger partial charge is 0.341 e. The molecule has 208 valence electrons. The molecule has 6 aromatic rings. The fourth-order valence-corrected chi connectivity index (χ4v) is 6.29. The van der Waals surface area contributed by atoms with E-state index in [0.29, 0.717) is 5.69 Å². The number of para-hydroxylation sites is 1. The molecule has 0 aliphatic rings. The first-order chi connectivity index (χ1) is 20.5. The Hall–Kier alpha value is -4.88. The van der Waals surface area contributed by atoms with E-state index in [9.17, 15) is 14.0 Å². The second-order valence-electron chi connectivity index (χ2n) is 9.85. The molecule has 1 unspecified atom stereocenters. The van der Waals surface area contributed by atoms with Gasteiger partial charge in [0, 0.05) is 44.6 Å². The number of hydrogen-bond acceptors (Lipinski definition) is 3. The highest BCUT2D eigenvalue weighted by Crippen LogP contribution is 2.38. The maximum atomic E-state index is 14.1. The van der Waals surface area contributed by atoms with Crippen molar-refractivity contribution in [3.05, 3.63) is 138 Å². The van der Waals surface area contributed by atoms with Crippen molar-refractivity contribution in [3.63, 3.8) is 0 Å². The van der Waals surface area contributed by atoms with E-state index < -0.39 is 17.0 Å². The SMILES string of the molecule is CCn1c2ccccc2c2cc(NC(=O)C(Sc3cccc(NC(=O)c4ccccc4F)c3)c3ccccc3)ccc21. The van der Waals surface area contributed by atoms with Gasteiger partial charge in [0.25, 0.3) is 5.91 Å². The van der Waals surface area contributed by atoms with Crippen LogP contribution in [0.4, 0.5) is 15.8 Å². The molecule has 1 aromatic heterocycles. The highest BCUT2D eigenvalue weighted by atomic mass is 32.2. The van der Waals surface area contributed by atoms with E-state index in [1.807, 2.05) is 60.7 Å². The second kappa shape index (κ2) is 11.9. The molecule has 2 N–H and O–H groups in total. The van der Waals surface area contributed by atoms with Crippen molar-refractivity contribution in [3.8, 4) is 0 Å². The van der Waals surface area contributed by atoms with Crippen LogP contribution in [0.15, 0.2) is 126 Å². The number of aromatic nitrogens is 1. The minimum atomic E-state index is -0.584. The Balaban J connectivity index is 1.27. The number of nitrogens with one attached hydrogen (secondary N) is 2. The Kier molecular flexibility index (Phi) is 7.75. The molecule has 0 aliphatic carbocycles. The number of fused-ring (bicyclic) bond motifs is 3. The third-order valence-electron chi connectivity index (χ3n) is 7.16. The predicted octanol–water partition coefficient (Wildman–Crippen LogP) is 8.68. The Morgan fingerprint density at radius 2 is 1.45 bits per heavy atom. The quantitative estimate of drug-likeness (QED) is 0.179. The van der Waals surface area contributed by atoms with Crippen molar-refractivity contribution in [1.82, 2.24) is 4.57 Å². The lowest BCUT2D eigenvalue weighted by Crippen LogP contribution is -2.19.